The van der Waals surface area contributed by atoms with Crippen LogP contribution in [0.2, 0.25) is 0 Å². The van der Waals surface area contributed by atoms with Crippen molar-refractivity contribution < 1.29 is 13.2 Å². The molecule has 0 spiro atoms. The molecule has 0 aliphatic rings. The minimum absolute atomic E-state index is 0.191. The van der Waals surface area contributed by atoms with E-state index in [2.05, 4.69) is 11.9 Å². The van der Waals surface area contributed by atoms with Gasteiger partial charge in [0.2, 0.25) is 10.0 Å². The molecule has 1 aromatic rings. The van der Waals surface area contributed by atoms with Crippen LogP contribution in [0.5, 0.6) is 5.75 Å². The third-order valence-corrected chi connectivity index (χ3v) is 4.87. The van der Waals surface area contributed by atoms with Crippen LogP contribution in [0.4, 0.5) is 0 Å². The topological polar surface area (TPSA) is 58.6 Å². The van der Waals surface area contributed by atoms with Crippen molar-refractivity contribution in [1.29, 1.82) is 0 Å². The van der Waals surface area contributed by atoms with Gasteiger partial charge in [-0.15, -0.1) is 6.58 Å². The lowest BCUT2D eigenvalue weighted by Crippen LogP contribution is -2.31. The summed E-state index contributed by atoms with van der Waals surface area (Å²) >= 11 is 0. The van der Waals surface area contributed by atoms with Crippen LogP contribution in [-0.4, -0.2) is 40.0 Å². The van der Waals surface area contributed by atoms with E-state index in [4.69, 9.17) is 4.74 Å². The molecule has 0 amide bonds. The maximum Gasteiger partial charge on any atom is 0.247 e. The molecule has 0 saturated heterocycles. The van der Waals surface area contributed by atoms with Gasteiger partial charge in [0, 0.05) is 19.6 Å². The van der Waals surface area contributed by atoms with Crippen molar-refractivity contribution in [3.05, 3.63) is 36.4 Å². The first-order chi connectivity index (χ1) is 9.51. The monoisotopic (exact) mass is 298 g/mol. The SMILES string of the molecule is C=CCN(CC)S(=O)(=O)c1cc(CNC)ccc1OC. The zero-order chi connectivity index (χ0) is 15.2. The highest BCUT2D eigenvalue weighted by atomic mass is 32.2. The fourth-order valence-electron chi connectivity index (χ4n) is 1.92. The van der Waals surface area contributed by atoms with Crippen LogP contribution in [0.1, 0.15) is 12.5 Å². The molecular formula is C14H22N2O3S. The summed E-state index contributed by atoms with van der Waals surface area (Å²) in [4.78, 5) is 0.191. The summed E-state index contributed by atoms with van der Waals surface area (Å²) in [6.07, 6.45) is 1.57. The normalized spacial score (nSPS) is 11.6. The molecule has 112 valence electrons. The number of benzene rings is 1. The molecule has 1 rings (SSSR count). The summed E-state index contributed by atoms with van der Waals surface area (Å²) in [7, 11) is -0.305. The quantitative estimate of drug-likeness (QED) is 0.741. The largest absolute Gasteiger partial charge is 0.495 e. The highest BCUT2D eigenvalue weighted by Gasteiger charge is 2.26. The van der Waals surface area contributed by atoms with E-state index < -0.39 is 10.0 Å². The zero-order valence-corrected chi connectivity index (χ0v) is 13.0. The Balaban J connectivity index is 3.33. The zero-order valence-electron chi connectivity index (χ0n) is 12.2. The summed E-state index contributed by atoms with van der Waals surface area (Å²) in [5.41, 5.74) is 0.890. The Kier molecular flexibility index (Phi) is 6.19. The summed E-state index contributed by atoms with van der Waals surface area (Å²) in [5.74, 6) is 0.354. The van der Waals surface area contributed by atoms with Gasteiger partial charge >= 0.3 is 0 Å². The Morgan fingerprint density at radius 1 is 1.45 bits per heavy atom. The first-order valence-corrected chi connectivity index (χ1v) is 7.87. The van der Waals surface area contributed by atoms with Crippen molar-refractivity contribution >= 4 is 10.0 Å². The van der Waals surface area contributed by atoms with Crippen LogP contribution in [0.25, 0.3) is 0 Å². The van der Waals surface area contributed by atoms with Crippen LogP contribution in [0, 0.1) is 0 Å². The Bertz CT molecular complexity index is 556. The van der Waals surface area contributed by atoms with Crippen molar-refractivity contribution in [1.82, 2.24) is 9.62 Å². The van der Waals surface area contributed by atoms with Gasteiger partial charge in [-0.05, 0) is 24.7 Å². The van der Waals surface area contributed by atoms with Crippen LogP contribution < -0.4 is 10.1 Å². The highest BCUT2D eigenvalue weighted by Crippen LogP contribution is 2.27. The summed E-state index contributed by atoms with van der Waals surface area (Å²) in [6, 6.07) is 5.18. The van der Waals surface area contributed by atoms with E-state index in [9.17, 15) is 8.42 Å². The molecule has 0 aliphatic heterocycles. The second-order valence-electron chi connectivity index (χ2n) is 4.26. The molecule has 0 bridgehead atoms. The number of methoxy groups -OCH3 is 1. The van der Waals surface area contributed by atoms with E-state index in [-0.39, 0.29) is 11.4 Å². The van der Waals surface area contributed by atoms with Crippen LogP contribution in [-0.2, 0) is 16.6 Å². The van der Waals surface area contributed by atoms with Gasteiger partial charge in [-0.2, -0.15) is 4.31 Å². The summed E-state index contributed by atoms with van der Waals surface area (Å²) in [5, 5.41) is 3.00. The first-order valence-electron chi connectivity index (χ1n) is 6.43. The van der Waals surface area contributed by atoms with Gasteiger partial charge in [0.1, 0.15) is 10.6 Å². The predicted octanol–water partition coefficient (Wildman–Crippen LogP) is 1.61. The van der Waals surface area contributed by atoms with Crippen molar-refractivity contribution in [3.8, 4) is 5.75 Å². The Morgan fingerprint density at radius 2 is 2.15 bits per heavy atom. The molecule has 5 nitrogen and oxygen atoms in total. The number of rotatable bonds is 8. The Morgan fingerprint density at radius 3 is 2.65 bits per heavy atom. The number of likely N-dealkylation sites (N-methyl/N-ethyl adjacent to an activating group) is 1. The van der Waals surface area contributed by atoms with Gasteiger partial charge in [0.05, 0.1) is 7.11 Å². The lowest BCUT2D eigenvalue weighted by molar-refractivity contribution is 0.396. The number of hydrogen-bond donors (Lipinski definition) is 1. The second kappa shape index (κ2) is 7.42. The first kappa shape index (κ1) is 16.7. The molecule has 6 heteroatoms. The fourth-order valence-corrected chi connectivity index (χ4v) is 3.54. The highest BCUT2D eigenvalue weighted by molar-refractivity contribution is 7.89. The standard InChI is InChI=1S/C14H22N2O3S/c1-5-9-16(6-2)20(17,18)14-10-12(11-15-3)7-8-13(14)19-4/h5,7-8,10,15H,1,6,9,11H2,2-4H3. The molecule has 0 radical (unpaired) electrons. The van der Waals surface area contributed by atoms with E-state index in [1.807, 2.05) is 13.1 Å². The molecule has 0 aromatic heterocycles. The smallest absolute Gasteiger partial charge is 0.247 e. The molecule has 0 aliphatic carbocycles. The molecule has 0 unspecified atom stereocenters. The molecule has 0 atom stereocenters. The van der Waals surface area contributed by atoms with Gasteiger partial charge in [-0.25, -0.2) is 8.42 Å². The fraction of sp³-hybridized carbons (Fsp3) is 0.429. The molecular weight excluding hydrogens is 276 g/mol. The lowest BCUT2D eigenvalue weighted by Gasteiger charge is -2.20. The average Bonchev–Trinajstić information content (AvgIpc) is 2.44. The molecule has 0 fully saturated rings. The second-order valence-corrected chi connectivity index (χ2v) is 6.17. The Hall–Kier alpha value is -1.37. The number of ether oxygens (including phenoxy) is 1. The molecule has 1 aromatic carbocycles. The van der Waals surface area contributed by atoms with E-state index in [0.717, 1.165) is 5.56 Å². The summed E-state index contributed by atoms with van der Waals surface area (Å²) in [6.45, 7) is 6.65. The van der Waals surface area contributed by atoms with Crippen LogP contribution in [0.3, 0.4) is 0 Å². The number of sulfonamides is 1. The molecule has 0 heterocycles. The van der Waals surface area contributed by atoms with E-state index in [1.54, 1.807) is 25.1 Å². The maximum atomic E-state index is 12.7. The molecule has 0 saturated carbocycles. The molecule has 1 N–H and O–H groups in total. The van der Waals surface area contributed by atoms with Gasteiger partial charge in [-0.1, -0.05) is 19.1 Å². The average molecular weight is 298 g/mol. The van der Waals surface area contributed by atoms with Gasteiger partial charge < -0.3 is 10.1 Å². The molecule has 20 heavy (non-hydrogen) atoms. The van der Waals surface area contributed by atoms with Gasteiger partial charge in [0.15, 0.2) is 0 Å². The van der Waals surface area contributed by atoms with Gasteiger partial charge in [-0.3, -0.25) is 0 Å². The number of hydrogen-bond acceptors (Lipinski definition) is 4. The number of nitrogens with one attached hydrogen (secondary N) is 1. The van der Waals surface area contributed by atoms with E-state index >= 15 is 0 Å². The van der Waals surface area contributed by atoms with Crippen molar-refractivity contribution in [3.63, 3.8) is 0 Å². The van der Waals surface area contributed by atoms with Crippen LogP contribution >= 0.6 is 0 Å². The van der Waals surface area contributed by atoms with E-state index in [1.165, 1.54) is 11.4 Å². The Labute approximate surface area is 121 Å². The lowest BCUT2D eigenvalue weighted by atomic mass is 10.2. The predicted molar refractivity (Wildman–Crippen MR) is 80.4 cm³/mol. The van der Waals surface area contributed by atoms with Crippen molar-refractivity contribution in [2.45, 2.75) is 18.4 Å². The van der Waals surface area contributed by atoms with Crippen molar-refractivity contribution in [2.75, 3.05) is 27.2 Å². The third-order valence-electron chi connectivity index (χ3n) is 2.91. The maximum absolute atomic E-state index is 12.7. The van der Waals surface area contributed by atoms with Gasteiger partial charge in [0.25, 0.3) is 0 Å². The van der Waals surface area contributed by atoms with Crippen molar-refractivity contribution in [2.24, 2.45) is 0 Å². The number of nitrogens with zero attached hydrogens (tertiary/aromatic N) is 1. The minimum Gasteiger partial charge on any atom is -0.495 e. The minimum atomic E-state index is -3.59. The van der Waals surface area contributed by atoms with E-state index in [0.29, 0.717) is 18.8 Å². The summed E-state index contributed by atoms with van der Waals surface area (Å²) < 4.78 is 31.9. The third kappa shape index (κ3) is 3.59. The van der Waals surface area contributed by atoms with Crippen LogP contribution in [0.15, 0.2) is 35.7 Å².